The molecule has 9 nitrogen and oxygen atoms in total. The van der Waals surface area contributed by atoms with Gasteiger partial charge < -0.3 is 24.7 Å². The SMILES string of the molecule is Nc1cc(-c2cncn2[C@@H]2O[C@H](COCc3ccccc3)[C@@H](OCc3ccccc3)[C@H]2OCc2ccccc2)ncn1. The summed E-state index contributed by atoms with van der Waals surface area (Å²) in [5, 5.41) is 0. The summed E-state index contributed by atoms with van der Waals surface area (Å²) in [4.78, 5) is 12.9. The van der Waals surface area contributed by atoms with Gasteiger partial charge in [0.05, 0.1) is 50.3 Å². The Kier molecular flexibility index (Phi) is 8.92. The molecule has 42 heavy (non-hydrogen) atoms. The molecule has 3 heterocycles. The van der Waals surface area contributed by atoms with E-state index in [1.165, 1.54) is 6.33 Å². The third kappa shape index (κ3) is 6.72. The third-order valence-corrected chi connectivity index (χ3v) is 7.14. The van der Waals surface area contributed by atoms with Gasteiger partial charge in [0.15, 0.2) is 6.23 Å². The number of ether oxygens (including phenoxy) is 4. The maximum Gasteiger partial charge on any atom is 0.164 e. The van der Waals surface area contributed by atoms with Gasteiger partial charge in [-0.1, -0.05) is 91.0 Å². The molecule has 0 bridgehead atoms. The third-order valence-electron chi connectivity index (χ3n) is 7.14. The first-order valence-corrected chi connectivity index (χ1v) is 13.9. The second kappa shape index (κ2) is 13.5. The molecule has 5 aromatic rings. The molecule has 0 radical (unpaired) electrons. The highest BCUT2D eigenvalue weighted by atomic mass is 16.6. The molecular weight excluding hydrogens is 530 g/mol. The number of rotatable bonds is 12. The van der Waals surface area contributed by atoms with E-state index in [0.29, 0.717) is 37.9 Å². The molecule has 3 aromatic carbocycles. The molecule has 1 aliphatic heterocycles. The minimum Gasteiger partial charge on any atom is -0.384 e. The summed E-state index contributed by atoms with van der Waals surface area (Å²) in [6.45, 7) is 1.57. The van der Waals surface area contributed by atoms with Crippen LogP contribution in [-0.2, 0) is 38.8 Å². The van der Waals surface area contributed by atoms with Crippen molar-refractivity contribution in [2.75, 3.05) is 12.3 Å². The quantitative estimate of drug-likeness (QED) is 0.221. The van der Waals surface area contributed by atoms with Crippen molar-refractivity contribution in [3.63, 3.8) is 0 Å². The average molecular weight is 564 g/mol. The second-order valence-corrected chi connectivity index (χ2v) is 10.1. The van der Waals surface area contributed by atoms with E-state index < -0.39 is 24.5 Å². The van der Waals surface area contributed by atoms with Crippen molar-refractivity contribution in [3.8, 4) is 11.4 Å². The Bertz CT molecular complexity index is 1530. The van der Waals surface area contributed by atoms with E-state index in [1.807, 2.05) is 95.6 Å². The van der Waals surface area contributed by atoms with E-state index in [9.17, 15) is 0 Å². The van der Waals surface area contributed by atoms with Crippen LogP contribution in [0.1, 0.15) is 22.9 Å². The molecule has 0 saturated carbocycles. The van der Waals surface area contributed by atoms with Crippen LogP contribution in [0.4, 0.5) is 5.82 Å². The van der Waals surface area contributed by atoms with E-state index in [2.05, 4.69) is 15.0 Å². The van der Waals surface area contributed by atoms with Crippen LogP contribution in [0.5, 0.6) is 0 Å². The van der Waals surface area contributed by atoms with Crippen LogP contribution >= 0.6 is 0 Å². The van der Waals surface area contributed by atoms with Crippen molar-refractivity contribution in [1.29, 1.82) is 0 Å². The Morgan fingerprint density at radius 2 is 1.33 bits per heavy atom. The van der Waals surface area contributed by atoms with Crippen LogP contribution in [0.3, 0.4) is 0 Å². The smallest absolute Gasteiger partial charge is 0.164 e. The minimum absolute atomic E-state index is 0.320. The fourth-order valence-electron chi connectivity index (χ4n) is 5.06. The highest BCUT2D eigenvalue weighted by Gasteiger charge is 2.48. The zero-order valence-electron chi connectivity index (χ0n) is 23.1. The van der Waals surface area contributed by atoms with Crippen LogP contribution < -0.4 is 5.73 Å². The van der Waals surface area contributed by atoms with Crippen molar-refractivity contribution in [3.05, 3.63) is 133 Å². The summed E-state index contributed by atoms with van der Waals surface area (Å²) in [5.74, 6) is 0.369. The molecule has 1 aliphatic rings. The lowest BCUT2D eigenvalue weighted by molar-refractivity contribution is -0.0915. The number of anilines is 1. The Hall–Kier alpha value is -4.41. The van der Waals surface area contributed by atoms with Gasteiger partial charge in [0.2, 0.25) is 0 Å². The molecule has 0 aliphatic carbocycles. The predicted octanol–water partition coefficient (Wildman–Crippen LogP) is 5.21. The van der Waals surface area contributed by atoms with E-state index in [-0.39, 0.29) is 0 Å². The predicted molar refractivity (Wildman–Crippen MR) is 158 cm³/mol. The van der Waals surface area contributed by atoms with Crippen LogP contribution in [0, 0.1) is 0 Å². The molecule has 1 saturated heterocycles. The zero-order chi connectivity index (χ0) is 28.6. The number of hydrogen-bond acceptors (Lipinski definition) is 8. The van der Waals surface area contributed by atoms with Gasteiger partial charge in [-0.25, -0.2) is 15.0 Å². The van der Waals surface area contributed by atoms with Crippen LogP contribution in [-0.4, -0.2) is 44.4 Å². The number of nitrogens with zero attached hydrogens (tertiary/aromatic N) is 4. The molecule has 0 spiro atoms. The lowest BCUT2D eigenvalue weighted by Crippen LogP contribution is -2.38. The van der Waals surface area contributed by atoms with Gasteiger partial charge in [-0.05, 0) is 16.7 Å². The van der Waals surface area contributed by atoms with Gasteiger partial charge in [0.1, 0.15) is 30.5 Å². The molecule has 1 fully saturated rings. The summed E-state index contributed by atoms with van der Waals surface area (Å²) < 4.78 is 28.0. The normalized spacial score (nSPS) is 20.1. The number of hydrogen-bond donors (Lipinski definition) is 1. The number of benzene rings is 3. The lowest BCUT2D eigenvalue weighted by Gasteiger charge is -2.26. The summed E-state index contributed by atoms with van der Waals surface area (Å²) >= 11 is 0. The van der Waals surface area contributed by atoms with Crippen LogP contribution in [0.25, 0.3) is 11.4 Å². The molecular formula is C33H33N5O4. The fourth-order valence-corrected chi connectivity index (χ4v) is 5.06. The van der Waals surface area contributed by atoms with Gasteiger partial charge in [0.25, 0.3) is 0 Å². The van der Waals surface area contributed by atoms with Crippen molar-refractivity contribution in [2.45, 2.75) is 44.4 Å². The zero-order valence-corrected chi connectivity index (χ0v) is 23.1. The van der Waals surface area contributed by atoms with Crippen molar-refractivity contribution in [1.82, 2.24) is 19.5 Å². The van der Waals surface area contributed by atoms with Crippen LogP contribution in [0.2, 0.25) is 0 Å². The molecule has 6 rings (SSSR count). The fraction of sp³-hybridized carbons (Fsp3) is 0.242. The first-order valence-electron chi connectivity index (χ1n) is 13.9. The number of aromatic nitrogens is 4. The van der Waals surface area contributed by atoms with Gasteiger partial charge in [-0.15, -0.1) is 0 Å². The minimum atomic E-state index is -0.562. The monoisotopic (exact) mass is 563 g/mol. The topological polar surface area (TPSA) is 107 Å². The van der Waals surface area contributed by atoms with Gasteiger partial charge in [0, 0.05) is 6.07 Å². The highest BCUT2D eigenvalue weighted by Crippen LogP contribution is 2.37. The number of nitrogen functional groups attached to an aromatic ring is 1. The molecule has 2 N–H and O–H groups in total. The maximum absolute atomic E-state index is 6.71. The number of imidazole rings is 1. The molecule has 0 unspecified atom stereocenters. The lowest BCUT2D eigenvalue weighted by atomic mass is 10.1. The molecule has 214 valence electrons. The first kappa shape index (κ1) is 27.7. The molecule has 0 amide bonds. The Labute approximate surface area is 244 Å². The number of nitrogens with two attached hydrogens (primary N) is 1. The molecule has 4 atom stereocenters. The van der Waals surface area contributed by atoms with Crippen molar-refractivity contribution < 1.29 is 18.9 Å². The largest absolute Gasteiger partial charge is 0.384 e. The molecule has 2 aromatic heterocycles. The first-order chi connectivity index (χ1) is 20.7. The summed E-state index contributed by atoms with van der Waals surface area (Å²) in [5.41, 5.74) is 10.5. The van der Waals surface area contributed by atoms with E-state index >= 15 is 0 Å². The standard InChI is InChI=1S/C33H33N5O4/c34-30-16-27(36-22-37-30)28-17-35-23-38(28)33-32(41-20-26-14-8-3-9-15-26)31(40-19-25-12-6-2-7-13-25)29(42-33)21-39-18-24-10-4-1-5-11-24/h1-17,22-23,29,31-33H,18-21H2,(H2,34,36,37)/t29-,31-,32-,33-/m1/s1. The molecule has 9 heteroatoms. The maximum atomic E-state index is 6.71. The van der Waals surface area contributed by atoms with E-state index in [1.54, 1.807) is 18.6 Å². The Morgan fingerprint density at radius 3 is 1.95 bits per heavy atom. The average Bonchev–Trinajstić information content (AvgIpc) is 3.65. The van der Waals surface area contributed by atoms with E-state index in [4.69, 9.17) is 24.7 Å². The van der Waals surface area contributed by atoms with Crippen LogP contribution in [0.15, 0.2) is 116 Å². The highest BCUT2D eigenvalue weighted by molar-refractivity contribution is 5.57. The van der Waals surface area contributed by atoms with Gasteiger partial charge >= 0.3 is 0 Å². The second-order valence-electron chi connectivity index (χ2n) is 10.1. The summed E-state index contributed by atoms with van der Waals surface area (Å²) in [7, 11) is 0. The van der Waals surface area contributed by atoms with Gasteiger partial charge in [-0.2, -0.15) is 0 Å². The summed E-state index contributed by atoms with van der Waals surface area (Å²) in [6, 6.07) is 31.9. The Morgan fingerprint density at radius 1 is 0.738 bits per heavy atom. The Balaban J connectivity index is 1.30. The van der Waals surface area contributed by atoms with Gasteiger partial charge in [-0.3, -0.25) is 4.57 Å². The van der Waals surface area contributed by atoms with E-state index in [0.717, 1.165) is 22.4 Å². The van der Waals surface area contributed by atoms with Crippen molar-refractivity contribution >= 4 is 5.82 Å². The van der Waals surface area contributed by atoms with Crippen molar-refractivity contribution in [2.24, 2.45) is 0 Å². The summed E-state index contributed by atoms with van der Waals surface area (Å²) in [6.07, 6.45) is 3.01.